The molecule has 2 nitrogen and oxygen atoms in total. The molecule has 4 heteroatoms. The van der Waals surface area contributed by atoms with E-state index in [2.05, 4.69) is 0 Å². The molecule has 0 saturated heterocycles. The molecule has 0 amide bonds. The molecule has 2 rings (SSSR count). The molecule has 1 aliphatic rings. The lowest BCUT2D eigenvalue weighted by Crippen LogP contribution is -2.43. The van der Waals surface area contributed by atoms with Crippen LogP contribution in [0.15, 0.2) is 18.2 Å². The van der Waals surface area contributed by atoms with E-state index in [1.807, 2.05) is 0 Å². The van der Waals surface area contributed by atoms with Gasteiger partial charge in [-0.1, -0.05) is 11.6 Å². The highest BCUT2D eigenvalue weighted by atomic mass is 35.5. The van der Waals surface area contributed by atoms with Gasteiger partial charge in [-0.25, -0.2) is 4.39 Å². The Morgan fingerprint density at radius 2 is 2.14 bits per heavy atom. The molecule has 0 atom stereocenters. The maximum absolute atomic E-state index is 12.8. The van der Waals surface area contributed by atoms with Crippen molar-refractivity contribution in [3.05, 3.63) is 29.0 Å². The highest BCUT2D eigenvalue weighted by molar-refractivity contribution is 6.32. The van der Waals surface area contributed by atoms with E-state index in [9.17, 15) is 4.39 Å². The van der Waals surface area contributed by atoms with Gasteiger partial charge in [0.2, 0.25) is 0 Å². The third kappa shape index (κ3) is 1.99. The maximum atomic E-state index is 12.8. The standard InChI is InChI=1S/C10H11ClFNO/c11-9-2-1-6(12)3-10(9)14-8-4-7(13)5-8/h1-3,7-8H,4-5,13H2. The van der Waals surface area contributed by atoms with Crippen LogP contribution < -0.4 is 10.5 Å². The molecule has 0 unspecified atom stereocenters. The molecule has 1 aromatic carbocycles. The van der Waals surface area contributed by atoms with E-state index < -0.39 is 0 Å². The summed E-state index contributed by atoms with van der Waals surface area (Å²) < 4.78 is 18.3. The average Bonchev–Trinajstić information content (AvgIpc) is 2.09. The number of ether oxygens (including phenoxy) is 1. The van der Waals surface area contributed by atoms with Crippen molar-refractivity contribution in [2.45, 2.75) is 25.0 Å². The Labute approximate surface area is 86.8 Å². The minimum absolute atomic E-state index is 0.0873. The molecule has 0 aliphatic heterocycles. The second-order valence-corrected chi connectivity index (χ2v) is 3.95. The second kappa shape index (κ2) is 3.75. The van der Waals surface area contributed by atoms with E-state index in [0.29, 0.717) is 10.8 Å². The van der Waals surface area contributed by atoms with Crippen LogP contribution in [0.25, 0.3) is 0 Å². The van der Waals surface area contributed by atoms with Gasteiger partial charge in [0.1, 0.15) is 17.7 Å². The number of halogens is 2. The SMILES string of the molecule is NC1CC(Oc2cc(F)ccc2Cl)C1. The zero-order valence-electron chi connectivity index (χ0n) is 7.54. The van der Waals surface area contributed by atoms with Crippen molar-refractivity contribution in [3.8, 4) is 5.75 Å². The molecule has 0 spiro atoms. The molecule has 0 heterocycles. The Morgan fingerprint density at radius 3 is 2.79 bits per heavy atom. The van der Waals surface area contributed by atoms with Crippen molar-refractivity contribution in [2.24, 2.45) is 5.73 Å². The lowest BCUT2D eigenvalue weighted by Gasteiger charge is -2.32. The van der Waals surface area contributed by atoms with Crippen LogP contribution in [0, 0.1) is 5.82 Å². The van der Waals surface area contributed by atoms with E-state index >= 15 is 0 Å². The van der Waals surface area contributed by atoms with Crippen molar-refractivity contribution < 1.29 is 9.13 Å². The number of hydrogen-bond donors (Lipinski definition) is 1. The van der Waals surface area contributed by atoms with Crippen LogP contribution in [0.3, 0.4) is 0 Å². The monoisotopic (exact) mass is 215 g/mol. The van der Waals surface area contributed by atoms with Crippen molar-refractivity contribution in [1.29, 1.82) is 0 Å². The lowest BCUT2D eigenvalue weighted by atomic mass is 9.90. The van der Waals surface area contributed by atoms with Gasteiger partial charge in [0.05, 0.1) is 5.02 Å². The summed E-state index contributed by atoms with van der Waals surface area (Å²) in [6, 6.07) is 4.31. The molecular weight excluding hydrogens is 205 g/mol. The van der Waals surface area contributed by atoms with Gasteiger partial charge in [0.15, 0.2) is 0 Å². The molecule has 2 N–H and O–H groups in total. The summed E-state index contributed by atoms with van der Waals surface area (Å²) in [4.78, 5) is 0. The van der Waals surface area contributed by atoms with Crippen molar-refractivity contribution in [3.63, 3.8) is 0 Å². The Hall–Kier alpha value is -0.800. The lowest BCUT2D eigenvalue weighted by molar-refractivity contribution is 0.101. The van der Waals surface area contributed by atoms with Gasteiger partial charge in [-0.2, -0.15) is 0 Å². The Balaban J connectivity index is 2.05. The first kappa shape index (κ1) is 9.74. The Bertz CT molecular complexity index is 339. The summed E-state index contributed by atoms with van der Waals surface area (Å²) in [6.07, 6.45) is 1.71. The van der Waals surface area contributed by atoms with Gasteiger partial charge in [0.25, 0.3) is 0 Å². The first-order valence-corrected chi connectivity index (χ1v) is 4.90. The first-order chi connectivity index (χ1) is 6.65. The fourth-order valence-corrected chi connectivity index (χ4v) is 1.61. The van der Waals surface area contributed by atoms with Crippen LogP contribution in [0.5, 0.6) is 5.75 Å². The molecule has 0 bridgehead atoms. The second-order valence-electron chi connectivity index (χ2n) is 3.55. The van der Waals surface area contributed by atoms with E-state index in [-0.39, 0.29) is 18.0 Å². The fourth-order valence-electron chi connectivity index (χ4n) is 1.45. The quantitative estimate of drug-likeness (QED) is 0.822. The molecule has 0 aromatic heterocycles. The first-order valence-electron chi connectivity index (χ1n) is 4.52. The summed E-state index contributed by atoms with van der Waals surface area (Å²) >= 11 is 5.83. The molecule has 76 valence electrons. The van der Waals surface area contributed by atoms with Gasteiger partial charge in [-0.3, -0.25) is 0 Å². The van der Waals surface area contributed by atoms with E-state index in [4.69, 9.17) is 22.1 Å². The molecular formula is C10H11ClFNO. The van der Waals surface area contributed by atoms with E-state index in [1.165, 1.54) is 18.2 Å². The minimum atomic E-state index is -0.340. The Morgan fingerprint density at radius 1 is 1.43 bits per heavy atom. The van der Waals surface area contributed by atoms with Gasteiger partial charge in [0, 0.05) is 12.1 Å². The number of rotatable bonds is 2. The summed E-state index contributed by atoms with van der Waals surface area (Å²) in [5, 5.41) is 0.437. The largest absolute Gasteiger partial charge is 0.489 e. The number of hydrogen-bond acceptors (Lipinski definition) is 2. The highest BCUT2D eigenvalue weighted by Gasteiger charge is 2.28. The predicted molar refractivity (Wildman–Crippen MR) is 53.0 cm³/mol. The van der Waals surface area contributed by atoms with Crippen LogP contribution in [0.4, 0.5) is 4.39 Å². The zero-order valence-corrected chi connectivity index (χ0v) is 8.30. The van der Waals surface area contributed by atoms with E-state index in [0.717, 1.165) is 12.8 Å². The zero-order chi connectivity index (χ0) is 10.1. The van der Waals surface area contributed by atoms with Crippen molar-refractivity contribution in [2.75, 3.05) is 0 Å². The van der Waals surface area contributed by atoms with Gasteiger partial charge in [-0.15, -0.1) is 0 Å². The smallest absolute Gasteiger partial charge is 0.141 e. The summed E-state index contributed by atoms with van der Waals surface area (Å²) in [5.74, 6) is 0.0663. The summed E-state index contributed by atoms with van der Waals surface area (Å²) in [5.41, 5.74) is 5.60. The van der Waals surface area contributed by atoms with Gasteiger partial charge in [-0.05, 0) is 25.0 Å². The van der Waals surface area contributed by atoms with Crippen LogP contribution >= 0.6 is 11.6 Å². The van der Waals surface area contributed by atoms with Crippen LogP contribution in [0.1, 0.15) is 12.8 Å². The average molecular weight is 216 g/mol. The summed E-state index contributed by atoms with van der Waals surface area (Å²) in [6.45, 7) is 0. The fraction of sp³-hybridized carbons (Fsp3) is 0.400. The molecule has 1 saturated carbocycles. The minimum Gasteiger partial charge on any atom is -0.489 e. The van der Waals surface area contributed by atoms with Gasteiger partial charge < -0.3 is 10.5 Å². The van der Waals surface area contributed by atoms with Crippen LogP contribution in [-0.2, 0) is 0 Å². The van der Waals surface area contributed by atoms with Crippen LogP contribution in [-0.4, -0.2) is 12.1 Å². The number of nitrogens with two attached hydrogens (primary N) is 1. The highest BCUT2D eigenvalue weighted by Crippen LogP contribution is 2.30. The topological polar surface area (TPSA) is 35.2 Å². The molecule has 0 radical (unpaired) electrons. The van der Waals surface area contributed by atoms with Crippen molar-refractivity contribution >= 4 is 11.6 Å². The third-order valence-corrected chi connectivity index (χ3v) is 2.63. The molecule has 1 aliphatic carbocycles. The van der Waals surface area contributed by atoms with Crippen LogP contribution in [0.2, 0.25) is 5.02 Å². The van der Waals surface area contributed by atoms with Crippen molar-refractivity contribution in [1.82, 2.24) is 0 Å². The van der Waals surface area contributed by atoms with E-state index in [1.54, 1.807) is 0 Å². The number of benzene rings is 1. The normalized spacial score (nSPS) is 25.6. The Kier molecular flexibility index (Phi) is 2.61. The predicted octanol–water partition coefficient (Wildman–Crippen LogP) is 2.35. The molecule has 1 fully saturated rings. The molecule has 14 heavy (non-hydrogen) atoms. The third-order valence-electron chi connectivity index (χ3n) is 2.32. The maximum Gasteiger partial charge on any atom is 0.141 e. The summed E-state index contributed by atoms with van der Waals surface area (Å²) in [7, 11) is 0. The van der Waals surface area contributed by atoms with Gasteiger partial charge >= 0.3 is 0 Å². The molecule has 1 aromatic rings.